The van der Waals surface area contributed by atoms with E-state index in [-0.39, 0.29) is 16.5 Å². The van der Waals surface area contributed by atoms with Gasteiger partial charge in [0.2, 0.25) is 0 Å². The highest BCUT2D eigenvalue weighted by Crippen LogP contribution is 2.41. The zero-order valence-corrected chi connectivity index (χ0v) is 13.2. The Balaban J connectivity index is 2.59. The summed E-state index contributed by atoms with van der Waals surface area (Å²) in [6.45, 7) is 6.18. The van der Waals surface area contributed by atoms with Crippen molar-refractivity contribution in [2.75, 3.05) is 4.90 Å². The molecule has 0 aliphatic carbocycles. The highest BCUT2D eigenvalue weighted by Gasteiger charge is 2.42. The molecule has 0 spiro atoms. The van der Waals surface area contributed by atoms with E-state index in [9.17, 15) is 8.63 Å². The van der Waals surface area contributed by atoms with E-state index in [4.69, 9.17) is 0 Å². The fourth-order valence-electron chi connectivity index (χ4n) is 3.77. The number of para-hydroxylation sites is 1. The van der Waals surface area contributed by atoms with Gasteiger partial charge in [-0.3, -0.25) is 0 Å². The van der Waals surface area contributed by atoms with Crippen LogP contribution in [0.2, 0.25) is 6.82 Å². The Kier molecular flexibility index (Phi) is 3.64. The molecule has 0 saturated carbocycles. The van der Waals surface area contributed by atoms with Crippen molar-refractivity contribution >= 4 is 17.9 Å². The maximum Gasteiger partial charge on any atom is 0.332 e. The Hall–Kier alpha value is -1.06. The normalized spacial score (nSPS) is 21.9. The van der Waals surface area contributed by atoms with Crippen LogP contribution in [-0.2, 0) is 0 Å². The first kappa shape index (κ1) is 15.3. The molecule has 0 unspecified atom stereocenters. The molecule has 1 aromatic carbocycles. The van der Waals surface area contributed by atoms with Gasteiger partial charge in [-0.25, -0.2) is 0 Å². The number of nitrogens with zero attached hydrogens (tertiary/aromatic N) is 1. The molecule has 0 atom stereocenters. The monoisotopic (exact) mass is 280 g/mol. The molecule has 0 bridgehead atoms. The van der Waals surface area contributed by atoms with E-state index in [1.807, 2.05) is 12.1 Å². The highest BCUT2D eigenvalue weighted by molar-refractivity contribution is 6.80. The number of anilines is 1. The third-order valence-corrected chi connectivity index (χ3v) is 4.51. The summed E-state index contributed by atoms with van der Waals surface area (Å²) in [4.78, 5) is 2.22. The van der Waals surface area contributed by atoms with E-state index >= 15 is 0 Å². The molecule has 0 amide bonds. The van der Waals surface area contributed by atoms with Gasteiger partial charge >= 0.3 is 6.70 Å². The lowest BCUT2D eigenvalue weighted by Gasteiger charge is -2.56. The molecule has 1 fully saturated rings. The summed E-state index contributed by atoms with van der Waals surface area (Å²) in [6, 6.07) is 7.00. The molecular formula is C16H25BF2N-. The minimum atomic E-state index is -3.50. The maximum absolute atomic E-state index is 14.0. The Morgan fingerprint density at radius 2 is 1.50 bits per heavy atom. The summed E-state index contributed by atoms with van der Waals surface area (Å²) in [5.74, 6) is 0. The minimum absolute atomic E-state index is 0.0980. The molecule has 1 saturated heterocycles. The van der Waals surface area contributed by atoms with Gasteiger partial charge in [0.15, 0.2) is 0 Å². The van der Waals surface area contributed by atoms with Crippen LogP contribution in [0.5, 0.6) is 0 Å². The quantitative estimate of drug-likeness (QED) is 0.723. The Morgan fingerprint density at radius 3 is 2.00 bits per heavy atom. The molecule has 4 heteroatoms. The van der Waals surface area contributed by atoms with Gasteiger partial charge in [-0.05, 0) is 53.0 Å². The number of benzene rings is 1. The lowest BCUT2D eigenvalue weighted by atomic mass is 9.59. The van der Waals surface area contributed by atoms with Gasteiger partial charge in [-0.1, -0.05) is 18.2 Å². The Morgan fingerprint density at radius 1 is 1.00 bits per heavy atom. The van der Waals surface area contributed by atoms with Crippen molar-refractivity contribution in [1.29, 1.82) is 0 Å². The van der Waals surface area contributed by atoms with Gasteiger partial charge < -0.3 is 13.5 Å². The van der Waals surface area contributed by atoms with Gasteiger partial charge in [0.05, 0.1) is 0 Å². The molecule has 112 valence electrons. The average Bonchev–Trinajstić information content (AvgIpc) is 2.25. The van der Waals surface area contributed by atoms with Crippen molar-refractivity contribution < 1.29 is 8.63 Å². The fraction of sp³-hybridized carbons (Fsp3) is 0.625. The van der Waals surface area contributed by atoms with Gasteiger partial charge in [-0.15, -0.1) is 12.3 Å². The van der Waals surface area contributed by atoms with Crippen LogP contribution < -0.4 is 10.4 Å². The van der Waals surface area contributed by atoms with E-state index in [1.54, 1.807) is 12.1 Å². The van der Waals surface area contributed by atoms with E-state index < -0.39 is 6.70 Å². The molecule has 1 aliphatic rings. The van der Waals surface area contributed by atoms with Crippen LogP contribution >= 0.6 is 0 Å². The smallest absolute Gasteiger partial charge is 0.332 e. The SMILES string of the molecule is C[B-](F)(F)c1ccccc1N1C(C)(C)CCCC1(C)C. The fourth-order valence-corrected chi connectivity index (χ4v) is 3.77. The summed E-state index contributed by atoms with van der Waals surface area (Å²) < 4.78 is 28.0. The molecule has 0 aromatic heterocycles. The molecule has 1 aromatic rings. The molecule has 2 rings (SSSR count). The number of piperidine rings is 1. The van der Waals surface area contributed by atoms with Gasteiger partial charge in [0.1, 0.15) is 0 Å². The Labute approximate surface area is 121 Å². The maximum atomic E-state index is 14.0. The second kappa shape index (κ2) is 4.75. The zero-order valence-electron chi connectivity index (χ0n) is 13.2. The van der Waals surface area contributed by atoms with Gasteiger partial charge in [0.25, 0.3) is 0 Å². The first-order valence-corrected chi connectivity index (χ1v) is 7.51. The molecule has 1 nitrogen and oxygen atoms in total. The van der Waals surface area contributed by atoms with Crippen LogP contribution in [0.3, 0.4) is 0 Å². The summed E-state index contributed by atoms with van der Waals surface area (Å²) >= 11 is 0. The largest absolute Gasteiger partial charge is 0.473 e. The lowest BCUT2D eigenvalue weighted by Crippen LogP contribution is -2.61. The molecule has 0 N–H and O–H groups in total. The average molecular weight is 280 g/mol. The van der Waals surface area contributed by atoms with Crippen molar-refractivity contribution in [2.24, 2.45) is 0 Å². The molecule has 0 radical (unpaired) electrons. The second-order valence-electron chi connectivity index (χ2n) is 7.40. The summed E-state index contributed by atoms with van der Waals surface area (Å²) in [5, 5.41) is 0. The second-order valence-corrected chi connectivity index (χ2v) is 7.40. The van der Waals surface area contributed by atoms with Gasteiger partial charge in [-0.2, -0.15) is 0 Å². The number of rotatable bonds is 2. The van der Waals surface area contributed by atoms with E-state index in [1.165, 1.54) is 0 Å². The third kappa shape index (κ3) is 2.70. The predicted molar refractivity (Wildman–Crippen MR) is 84.4 cm³/mol. The van der Waals surface area contributed by atoms with E-state index in [0.29, 0.717) is 5.69 Å². The van der Waals surface area contributed by atoms with Crippen molar-refractivity contribution in [1.82, 2.24) is 0 Å². The molecule has 20 heavy (non-hydrogen) atoms. The van der Waals surface area contributed by atoms with Crippen LogP contribution in [0.1, 0.15) is 47.0 Å². The number of hydrogen-bond acceptors (Lipinski definition) is 1. The van der Waals surface area contributed by atoms with Crippen molar-refractivity contribution in [3.05, 3.63) is 24.3 Å². The standard InChI is InChI=1S/C16H25BF2N/c1-15(2)11-8-12-16(3,4)20(15)14-10-7-6-9-13(14)17(5,18)19/h6-7,9-10H,8,11-12H2,1-5H3/q-1. The van der Waals surface area contributed by atoms with Crippen LogP contribution in [0.15, 0.2) is 24.3 Å². The van der Waals surface area contributed by atoms with Crippen LogP contribution in [0.4, 0.5) is 14.3 Å². The van der Waals surface area contributed by atoms with Crippen LogP contribution in [0, 0.1) is 0 Å². The minimum Gasteiger partial charge on any atom is -0.473 e. The lowest BCUT2D eigenvalue weighted by molar-refractivity contribution is 0.244. The number of hydrogen-bond donors (Lipinski definition) is 0. The predicted octanol–water partition coefficient (Wildman–Crippen LogP) is 4.45. The van der Waals surface area contributed by atoms with Crippen molar-refractivity contribution in [3.63, 3.8) is 0 Å². The van der Waals surface area contributed by atoms with Crippen molar-refractivity contribution in [2.45, 2.75) is 64.9 Å². The topological polar surface area (TPSA) is 3.24 Å². The Bertz CT molecular complexity index is 475. The molecule has 1 heterocycles. The third-order valence-electron chi connectivity index (χ3n) is 4.51. The van der Waals surface area contributed by atoms with Crippen LogP contribution in [0.25, 0.3) is 0 Å². The molecule has 1 aliphatic heterocycles. The summed E-state index contributed by atoms with van der Waals surface area (Å²) in [5.41, 5.74) is 0.698. The number of halogens is 2. The molecular weight excluding hydrogens is 255 g/mol. The van der Waals surface area contributed by atoms with E-state index in [0.717, 1.165) is 26.1 Å². The van der Waals surface area contributed by atoms with Crippen LogP contribution in [-0.4, -0.2) is 17.8 Å². The zero-order chi connectivity index (χ0) is 15.2. The summed E-state index contributed by atoms with van der Waals surface area (Å²) in [7, 11) is 0. The first-order valence-electron chi connectivity index (χ1n) is 7.51. The van der Waals surface area contributed by atoms with Crippen molar-refractivity contribution in [3.8, 4) is 0 Å². The van der Waals surface area contributed by atoms with Gasteiger partial charge in [0, 0.05) is 16.8 Å². The first-order chi connectivity index (χ1) is 9.06. The summed E-state index contributed by atoms with van der Waals surface area (Å²) in [6.07, 6.45) is 3.21. The highest BCUT2D eigenvalue weighted by atomic mass is 19.2. The van der Waals surface area contributed by atoms with E-state index in [2.05, 4.69) is 32.6 Å².